The fourth-order valence-electron chi connectivity index (χ4n) is 4.85. The van der Waals surface area contributed by atoms with Gasteiger partial charge in [0, 0.05) is 43.1 Å². The van der Waals surface area contributed by atoms with Gasteiger partial charge in [0.2, 0.25) is 5.95 Å². The molecular weight excluding hydrogens is 442 g/mol. The second-order valence-corrected chi connectivity index (χ2v) is 9.08. The van der Waals surface area contributed by atoms with E-state index in [0.29, 0.717) is 28.8 Å². The van der Waals surface area contributed by atoms with Gasteiger partial charge in [-0.25, -0.2) is 19.9 Å². The number of nitriles is 2. The van der Waals surface area contributed by atoms with E-state index in [9.17, 15) is 5.26 Å². The molecule has 11 heteroatoms. The summed E-state index contributed by atoms with van der Waals surface area (Å²) >= 11 is 0. The molecule has 6 rings (SSSR count). The van der Waals surface area contributed by atoms with Gasteiger partial charge in [-0.2, -0.15) is 15.6 Å². The van der Waals surface area contributed by atoms with Crippen molar-refractivity contribution >= 4 is 17.1 Å². The summed E-state index contributed by atoms with van der Waals surface area (Å²) in [5, 5.41) is 29.9. The average Bonchev–Trinajstić information content (AvgIpc) is 3.50. The molecule has 35 heavy (non-hydrogen) atoms. The number of fused-ring (bicyclic) bond motifs is 1. The van der Waals surface area contributed by atoms with Crippen molar-refractivity contribution in [1.29, 1.82) is 10.5 Å². The summed E-state index contributed by atoms with van der Waals surface area (Å²) in [5.41, 5.74) is 3.87. The van der Waals surface area contributed by atoms with Gasteiger partial charge in [-0.05, 0) is 31.7 Å². The fraction of sp³-hybridized carbons (Fsp3) is 0.375. The van der Waals surface area contributed by atoms with Crippen molar-refractivity contribution in [2.75, 3.05) is 18.4 Å². The van der Waals surface area contributed by atoms with Crippen LogP contribution < -0.4 is 10.6 Å². The van der Waals surface area contributed by atoms with Crippen LogP contribution in [0.25, 0.3) is 22.4 Å². The van der Waals surface area contributed by atoms with Crippen molar-refractivity contribution in [1.82, 2.24) is 39.6 Å². The maximum Gasteiger partial charge on any atom is 0.223 e. The van der Waals surface area contributed by atoms with Gasteiger partial charge >= 0.3 is 0 Å². The standard InChI is InChI=1S/C24H23N11/c25-6-15-4-21-23(28-8-15)34(14-30-21)19-3-1-2-18(5-19)32-24-29-9-16(7-26)22(33-24)17-10-31-35(13-17)20-11-27-12-20/h4,8-10,13-14,18-20,27H,1-3,5,11-12H2,(H,29,32,33)/t18-,19+/m1/s1. The first-order chi connectivity index (χ1) is 17.2. The number of aromatic nitrogens is 7. The lowest BCUT2D eigenvalue weighted by molar-refractivity contribution is 0.318. The van der Waals surface area contributed by atoms with Crippen LogP contribution in [-0.2, 0) is 0 Å². The molecule has 0 unspecified atom stereocenters. The maximum atomic E-state index is 9.61. The van der Waals surface area contributed by atoms with Gasteiger partial charge in [-0.3, -0.25) is 4.68 Å². The van der Waals surface area contributed by atoms with Crippen LogP contribution in [0.15, 0.2) is 37.2 Å². The lowest BCUT2D eigenvalue weighted by Crippen LogP contribution is -2.43. The molecule has 2 aliphatic rings. The minimum Gasteiger partial charge on any atom is -0.351 e. The number of nitrogens with zero attached hydrogens (tertiary/aromatic N) is 9. The first kappa shape index (κ1) is 21.2. The largest absolute Gasteiger partial charge is 0.351 e. The minimum atomic E-state index is 0.175. The van der Waals surface area contributed by atoms with Crippen LogP contribution >= 0.6 is 0 Å². The van der Waals surface area contributed by atoms with E-state index >= 15 is 0 Å². The number of nitrogens with one attached hydrogen (secondary N) is 2. The third-order valence-corrected chi connectivity index (χ3v) is 6.83. The maximum absolute atomic E-state index is 9.61. The minimum absolute atomic E-state index is 0.175. The Morgan fingerprint density at radius 2 is 1.94 bits per heavy atom. The van der Waals surface area contributed by atoms with Crippen molar-refractivity contribution < 1.29 is 0 Å². The number of hydrogen-bond donors (Lipinski definition) is 2. The zero-order chi connectivity index (χ0) is 23.8. The first-order valence-electron chi connectivity index (χ1n) is 11.7. The highest BCUT2D eigenvalue weighted by atomic mass is 15.3. The van der Waals surface area contributed by atoms with Crippen LogP contribution in [0.3, 0.4) is 0 Å². The molecule has 2 fully saturated rings. The summed E-state index contributed by atoms with van der Waals surface area (Å²) in [6.45, 7) is 1.79. The van der Waals surface area contributed by atoms with E-state index in [4.69, 9.17) is 10.2 Å². The molecule has 0 bridgehead atoms. The molecule has 4 aromatic rings. The van der Waals surface area contributed by atoms with E-state index in [1.807, 2.05) is 17.2 Å². The lowest BCUT2D eigenvalue weighted by Gasteiger charge is -2.30. The van der Waals surface area contributed by atoms with Crippen LogP contribution in [0.2, 0.25) is 0 Å². The monoisotopic (exact) mass is 465 g/mol. The van der Waals surface area contributed by atoms with Crippen molar-refractivity contribution in [3.05, 3.63) is 48.3 Å². The van der Waals surface area contributed by atoms with Gasteiger partial charge in [0.15, 0.2) is 5.65 Å². The lowest BCUT2D eigenvalue weighted by atomic mass is 9.91. The summed E-state index contributed by atoms with van der Waals surface area (Å²) in [5.74, 6) is 0.509. The first-order valence-corrected chi connectivity index (χ1v) is 11.7. The van der Waals surface area contributed by atoms with Crippen molar-refractivity contribution in [2.24, 2.45) is 0 Å². The van der Waals surface area contributed by atoms with E-state index in [0.717, 1.165) is 55.5 Å². The Balaban J connectivity index is 1.21. The highest BCUT2D eigenvalue weighted by Gasteiger charge is 2.26. The Morgan fingerprint density at radius 1 is 1.03 bits per heavy atom. The number of anilines is 1. The molecule has 1 saturated carbocycles. The molecular formula is C24H23N11. The van der Waals surface area contributed by atoms with Crippen LogP contribution in [0.5, 0.6) is 0 Å². The topological polar surface area (TPSA) is 146 Å². The molecule has 1 aliphatic heterocycles. The second kappa shape index (κ2) is 8.78. The predicted molar refractivity (Wildman–Crippen MR) is 127 cm³/mol. The average molecular weight is 466 g/mol. The molecule has 0 radical (unpaired) electrons. The summed E-state index contributed by atoms with van der Waals surface area (Å²) in [6, 6.07) is 6.84. The van der Waals surface area contributed by atoms with E-state index in [1.165, 1.54) is 0 Å². The van der Waals surface area contributed by atoms with E-state index in [2.05, 4.69) is 47.4 Å². The summed E-state index contributed by atoms with van der Waals surface area (Å²) in [4.78, 5) is 18.1. The van der Waals surface area contributed by atoms with E-state index in [-0.39, 0.29) is 12.1 Å². The van der Waals surface area contributed by atoms with Crippen LogP contribution in [0, 0.1) is 22.7 Å². The van der Waals surface area contributed by atoms with Gasteiger partial charge < -0.3 is 15.2 Å². The number of imidazole rings is 1. The van der Waals surface area contributed by atoms with Gasteiger partial charge in [-0.15, -0.1) is 0 Å². The number of pyridine rings is 1. The molecule has 11 nitrogen and oxygen atoms in total. The van der Waals surface area contributed by atoms with Gasteiger partial charge in [-0.1, -0.05) is 0 Å². The van der Waals surface area contributed by atoms with Crippen LogP contribution in [0.1, 0.15) is 48.9 Å². The molecule has 1 saturated heterocycles. The van der Waals surface area contributed by atoms with Crippen LogP contribution in [-0.4, -0.2) is 53.4 Å². The highest BCUT2D eigenvalue weighted by Crippen LogP contribution is 2.32. The normalized spacial score (nSPS) is 20.2. The summed E-state index contributed by atoms with van der Waals surface area (Å²) < 4.78 is 4.04. The zero-order valence-electron chi connectivity index (χ0n) is 19.0. The number of rotatable bonds is 5. The molecule has 0 aromatic carbocycles. The van der Waals surface area contributed by atoms with Crippen LogP contribution in [0.4, 0.5) is 5.95 Å². The second-order valence-electron chi connectivity index (χ2n) is 9.08. The molecule has 4 aromatic heterocycles. The smallest absolute Gasteiger partial charge is 0.223 e. The van der Waals surface area contributed by atoms with Gasteiger partial charge in [0.1, 0.15) is 17.7 Å². The Labute approximate surface area is 201 Å². The Morgan fingerprint density at radius 3 is 2.74 bits per heavy atom. The zero-order valence-corrected chi connectivity index (χ0v) is 19.0. The molecule has 2 N–H and O–H groups in total. The quantitative estimate of drug-likeness (QED) is 0.454. The molecule has 5 heterocycles. The van der Waals surface area contributed by atoms with Crippen molar-refractivity contribution in [3.8, 4) is 23.4 Å². The molecule has 2 atom stereocenters. The van der Waals surface area contributed by atoms with Crippen molar-refractivity contribution in [3.63, 3.8) is 0 Å². The summed E-state index contributed by atoms with van der Waals surface area (Å²) in [7, 11) is 0. The van der Waals surface area contributed by atoms with Gasteiger partial charge in [0.25, 0.3) is 0 Å². The van der Waals surface area contributed by atoms with Gasteiger partial charge in [0.05, 0.1) is 41.6 Å². The van der Waals surface area contributed by atoms with E-state index < -0.39 is 0 Å². The highest BCUT2D eigenvalue weighted by molar-refractivity contribution is 5.72. The summed E-state index contributed by atoms with van der Waals surface area (Å²) in [6.07, 6.45) is 12.6. The molecule has 0 spiro atoms. The number of hydrogen-bond acceptors (Lipinski definition) is 9. The third-order valence-electron chi connectivity index (χ3n) is 6.83. The Hall–Kier alpha value is -4.35. The third kappa shape index (κ3) is 3.96. The molecule has 1 aliphatic carbocycles. The van der Waals surface area contributed by atoms with Crippen molar-refractivity contribution in [2.45, 2.75) is 43.8 Å². The molecule has 174 valence electrons. The van der Waals surface area contributed by atoms with E-state index in [1.54, 1.807) is 24.7 Å². The Bertz CT molecular complexity index is 1470. The molecule has 0 amide bonds. The SMILES string of the molecule is N#Cc1cnc2c(c1)ncn2[C@H]1CCC[C@@H](Nc2ncc(C#N)c(-c3cnn(C4CNC4)c3)n2)C1. The fourth-order valence-corrected chi connectivity index (χ4v) is 4.85. The Kier molecular flexibility index (Phi) is 5.32. The predicted octanol–water partition coefficient (Wildman–Crippen LogP) is 2.57.